The standard InChI is InChI=1S/C20H25N3O2/c1-15-5-7-16(8-6-15)12-18-19(24)4-3-11-23(18)20(25)10-9-17-13-21-22(2)14-17/h5-10,13-14,18-19,24H,3-4,11-12H2,1-2H3/t18-,19-/m0/s1. The van der Waals surface area contributed by atoms with Crippen molar-refractivity contribution in [2.24, 2.45) is 7.05 Å². The Morgan fingerprint density at radius 2 is 2.12 bits per heavy atom. The summed E-state index contributed by atoms with van der Waals surface area (Å²) in [6, 6.07) is 8.11. The van der Waals surface area contributed by atoms with Gasteiger partial charge in [0.15, 0.2) is 0 Å². The highest BCUT2D eigenvalue weighted by Gasteiger charge is 2.32. The summed E-state index contributed by atoms with van der Waals surface area (Å²) < 4.78 is 1.70. The van der Waals surface area contributed by atoms with Crippen molar-refractivity contribution in [3.8, 4) is 0 Å². The molecule has 1 aromatic carbocycles. The van der Waals surface area contributed by atoms with Crippen LogP contribution in [0.25, 0.3) is 6.08 Å². The molecule has 5 nitrogen and oxygen atoms in total. The van der Waals surface area contributed by atoms with Crippen LogP contribution in [0.15, 0.2) is 42.7 Å². The number of aromatic nitrogens is 2. The van der Waals surface area contributed by atoms with Gasteiger partial charge >= 0.3 is 0 Å². The van der Waals surface area contributed by atoms with Crippen LogP contribution in [0.3, 0.4) is 0 Å². The summed E-state index contributed by atoms with van der Waals surface area (Å²) in [6.07, 6.45) is 8.71. The molecule has 132 valence electrons. The average Bonchev–Trinajstić information content (AvgIpc) is 3.02. The van der Waals surface area contributed by atoms with Gasteiger partial charge in [0.05, 0.1) is 18.3 Å². The molecule has 1 aliphatic rings. The number of aliphatic hydroxyl groups is 1. The topological polar surface area (TPSA) is 58.4 Å². The molecular weight excluding hydrogens is 314 g/mol. The third kappa shape index (κ3) is 4.37. The van der Waals surface area contributed by atoms with E-state index in [4.69, 9.17) is 0 Å². The van der Waals surface area contributed by atoms with E-state index >= 15 is 0 Å². The Bertz CT molecular complexity index is 749. The average molecular weight is 339 g/mol. The van der Waals surface area contributed by atoms with E-state index < -0.39 is 6.10 Å². The lowest BCUT2D eigenvalue weighted by Crippen LogP contribution is -2.51. The molecule has 2 atom stereocenters. The third-order valence-electron chi connectivity index (χ3n) is 4.74. The molecule has 2 aromatic rings. The number of rotatable bonds is 4. The van der Waals surface area contributed by atoms with Gasteiger partial charge in [0.2, 0.25) is 5.91 Å². The van der Waals surface area contributed by atoms with Crippen molar-refractivity contribution in [1.29, 1.82) is 0 Å². The fraction of sp³-hybridized carbons (Fsp3) is 0.400. The third-order valence-corrected chi connectivity index (χ3v) is 4.74. The van der Waals surface area contributed by atoms with Crippen molar-refractivity contribution >= 4 is 12.0 Å². The first kappa shape index (κ1) is 17.4. The van der Waals surface area contributed by atoms with Crippen molar-refractivity contribution in [3.05, 3.63) is 59.4 Å². The molecule has 0 saturated carbocycles. The Hall–Kier alpha value is -2.40. The van der Waals surface area contributed by atoms with Gasteiger partial charge in [0, 0.05) is 31.4 Å². The first-order valence-corrected chi connectivity index (χ1v) is 8.74. The van der Waals surface area contributed by atoms with Crippen LogP contribution in [-0.2, 0) is 18.3 Å². The maximum absolute atomic E-state index is 12.7. The first-order chi connectivity index (χ1) is 12.0. The quantitative estimate of drug-likeness (QED) is 0.870. The highest BCUT2D eigenvalue weighted by atomic mass is 16.3. The summed E-state index contributed by atoms with van der Waals surface area (Å²) in [6.45, 7) is 2.74. The van der Waals surface area contributed by atoms with Gasteiger partial charge in [-0.25, -0.2) is 0 Å². The van der Waals surface area contributed by atoms with Gasteiger partial charge in [-0.05, 0) is 37.8 Å². The lowest BCUT2D eigenvalue weighted by molar-refractivity contribution is -0.133. The number of nitrogens with zero attached hydrogens (tertiary/aromatic N) is 3. The molecule has 5 heteroatoms. The number of hydrogen-bond acceptors (Lipinski definition) is 3. The fourth-order valence-corrected chi connectivity index (χ4v) is 3.31. The number of likely N-dealkylation sites (tertiary alicyclic amines) is 1. The molecule has 1 fully saturated rings. The van der Waals surface area contributed by atoms with Crippen molar-refractivity contribution in [2.75, 3.05) is 6.54 Å². The maximum atomic E-state index is 12.7. The van der Waals surface area contributed by atoms with E-state index in [-0.39, 0.29) is 11.9 Å². The number of aliphatic hydroxyl groups excluding tert-OH is 1. The van der Waals surface area contributed by atoms with E-state index in [1.165, 1.54) is 5.56 Å². The number of carbonyl (C=O) groups is 1. The van der Waals surface area contributed by atoms with Gasteiger partial charge in [0.25, 0.3) is 0 Å². The van der Waals surface area contributed by atoms with Crippen LogP contribution in [0.4, 0.5) is 0 Å². The second kappa shape index (κ2) is 7.66. The summed E-state index contributed by atoms with van der Waals surface area (Å²) in [5.74, 6) is -0.0558. The molecule has 0 aliphatic carbocycles. The summed E-state index contributed by atoms with van der Waals surface area (Å²) in [7, 11) is 1.84. The van der Waals surface area contributed by atoms with Crippen LogP contribution in [0.1, 0.15) is 29.5 Å². The summed E-state index contributed by atoms with van der Waals surface area (Å²) in [4.78, 5) is 14.5. The molecule has 1 N–H and O–H groups in total. The minimum absolute atomic E-state index is 0.0558. The van der Waals surface area contributed by atoms with E-state index in [1.807, 2.05) is 13.2 Å². The van der Waals surface area contributed by atoms with Crippen molar-refractivity contribution in [2.45, 2.75) is 38.3 Å². The zero-order valence-corrected chi connectivity index (χ0v) is 14.8. The van der Waals surface area contributed by atoms with Gasteiger partial charge in [-0.15, -0.1) is 0 Å². The molecule has 3 rings (SSSR count). The highest BCUT2D eigenvalue weighted by molar-refractivity contribution is 5.92. The minimum atomic E-state index is -0.481. The Balaban J connectivity index is 1.73. The zero-order chi connectivity index (χ0) is 17.8. The van der Waals surface area contributed by atoms with Gasteiger partial charge in [-0.3, -0.25) is 9.48 Å². The number of carbonyl (C=O) groups excluding carboxylic acids is 1. The Kier molecular flexibility index (Phi) is 5.34. The molecule has 1 saturated heterocycles. The molecule has 0 unspecified atom stereocenters. The molecule has 2 heterocycles. The van der Waals surface area contributed by atoms with Crippen LogP contribution in [0.2, 0.25) is 0 Å². The summed E-state index contributed by atoms with van der Waals surface area (Å²) in [5, 5.41) is 14.6. The van der Waals surface area contributed by atoms with Crippen LogP contribution in [0, 0.1) is 6.92 Å². The Morgan fingerprint density at radius 3 is 2.80 bits per heavy atom. The fourth-order valence-electron chi connectivity index (χ4n) is 3.31. The molecule has 1 amide bonds. The minimum Gasteiger partial charge on any atom is -0.391 e. The molecule has 1 aliphatic heterocycles. The normalized spacial score (nSPS) is 21.0. The van der Waals surface area contributed by atoms with Gasteiger partial charge < -0.3 is 10.0 Å². The number of aryl methyl sites for hydroxylation is 2. The number of benzene rings is 1. The lowest BCUT2D eigenvalue weighted by Gasteiger charge is -2.38. The monoisotopic (exact) mass is 339 g/mol. The maximum Gasteiger partial charge on any atom is 0.246 e. The molecule has 0 spiro atoms. The smallest absolute Gasteiger partial charge is 0.246 e. The van der Waals surface area contributed by atoms with E-state index in [0.717, 1.165) is 24.0 Å². The molecule has 0 radical (unpaired) electrons. The van der Waals surface area contributed by atoms with Crippen LogP contribution in [0.5, 0.6) is 0 Å². The van der Waals surface area contributed by atoms with E-state index in [1.54, 1.807) is 27.9 Å². The van der Waals surface area contributed by atoms with Crippen molar-refractivity contribution < 1.29 is 9.90 Å². The van der Waals surface area contributed by atoms with Crippen molar-refractivity contribution in [1.82, 2.24) is 14.7 Å². The van der Waals surface area contributed by atoms with Gasteiger partial charge in [-0.1, -0.05) is 29.8 Å². The van der Waals surface area contributed by atoms with E-state index in [0.29, 0.717) is 13.0 Å². The number of hydrogen-bond donors (Lipinski definition) is 1. The lowest BCUT2D eigenvalue weighted by atomic mass is 9.92. The number of amides is 1. The largest absolute Gasteiger partial charge is 0.391 e. The molecule has 1 aromatic heterocycles. The van der Waals surface area contributed by atoms with Crippen LogP contribution in [-0.4, -0.2) is 44.4 Å². The van der Waals surface area contributed by atoms with E-state index in [9.17, 15) is 9.90 Å². The zero-order valence-electron chi connectivity index (χ0n) is 14.8. The Morgan fingerprint density at radius 1 is 1.36 bits per heavy atom. The second-order valence-electron chi connectivity index (χ2n) is 6.78. The SMILES string of the molecule is Cc1ccc(C[C@H]2[C@@H](O)CCCN2C(=O)C=Cc2cnn(C)c2)cc1. The molecule has 25 heavy (non-hydrogen) atoms. The highest BCUT2D eigenvalue weighted by Crippen LogP contribution is 2.22. The van der Waals surface area contributed by atoms with Gasteiger partial charge in [0.1, 0.15) is 0 Å². The molecule has 0 bridgehead atoms. The van der Waals surface area contributed by atoms with Crippen molar-refractivity contribution in [3.63, 3.8) is 0 Å². The van der Waals surface area contributed by atoms with Gasteiger partial charge in [-0.2, -0.15) is 5.10 Å². The first-order valence-electron chi connectivity index (χ1n) is 8.74. The number of piperidine rings is 1. The predicted molar refractivity (Wildman–Crippen MR) is 97.9 cm³/mol. The predicted octanol–water partition coefficient (Wildman–Crippen LogP) is 2.34. The summed E-state index contributed by atoms with van der Waals surface area (Å²) in [5.41, 5.74) is 3.24. The van der Waals surface area contributed by atoms with E-state index in [2.05, 4.69) is 36.3 Å². The van der Waals surface area contributed by atoms with Crippen LogP contribution >= 0.6 is 0 Å². The summed E-state index contributed by atoms with van der Waals surface area (Å²) >= 11 is 0. The second-order valence-corrected chi connectivity index (χ2v) is 6.78. The van der Waals surface area contributed by atoms with Crippen LogP contribution < -0.4 is 0 Å². The Labute approximate surface area is 148 Å². The molecular formula is C20H25N3O2.